The Labute approximate surface area is 142 Å². The molecule has 1 aromatic heterocycles. The average Bonchev–Trinajstić information content (AvgIpc) is 3.18. The highest BCUT2D eigenvalue weighted by Gasteiger charge is 2.49. The number of carbonyl (C=O) groups is 1. The minimum absolute atomic E-state index is 0.0707. The molecule has 2 aliphatic rings. The maximum atomic E-state index is 12.6. The largest absolute Gasteiger partial charge is 0.342 e. The Hall–Kier alpha value is -2.60. The lowest BCUT2D eigenvalue weighted by Crippen LogP contribution is -2.29. The molecule has 1 aliphatic carbocycles. The van der Waals surface area contributed by atoms with Crippen LogP contribution in [0.25, 0.3) is 0 Å². The first-order chi connectivity index (χ1) is 11.7. The third-order valence-electron chi connectivity index (χ3n) is 5.30. The van der Waals surface area contributed by atoms with Crippen LogP contribution >= 0.6 is 0 Å². The van der Waals surface area contributed by atoms with E-state index in [1.165, 1.54) is 6.42 Å². The summed E-state index contributed by atoms with van der Waals surface area (Å²) in [5, 5.41) is 0. The van der Waals surface area contributed by atoms with E-state index in [-0.39, 0.29) is 11.8 Å². The second-order valence-electron chi connectivity index (χ2n) is 6.68. The van der Waals surface area contributed by atoms with Gasteiger partial charge in [-0.05, 0) is 43.0 Å². The molecule has 2 fully saturated rings. The van der Waals surface area contributed by atoms with E-state index in [9.17, 15) is 4.79 Å². The number of carbonyl (C=O) groups excluding carboxylic acids is 1. The van der Waals surface area contributed by atoms with Gasteiger partial charge in [-0.25, -0.2) is 0 Å². The van der Waals surface area contributed by atoms with Crippen LogP contribution < -0.4 is 0 Å². The zero-order valence-electron chi connectivity index (χ0n) is 13.8. The number of likely N-dealkylation sites (tertiary alicyclic amines) is 1. The van der Waals surface area contributed by atoms with Gasteiger partial charge in [0.2, 0.25) is 5.91 Å². The minimum atomic E-state index is -0.0707. The van der Waals surface area contributed by atoms with Gasteiger partial charge in [-0.15, -0.1) is 0 Å². The lowest BCUT2D eigenvalue weighted by atomic mass is 9.89. The second kappa shape index (κ2) is 6.13. The lowest BCUT2D eigenvalue weighted by molar-refractivity contribution is -0.129. The molecule has 1 aromatic carbocycles. The first-order valence-electron chi connectivity index (χ1n) is 8.54. The molecule has 0 radical (unpaired) electrons. The Morgan fingerprint density at radius 3 is 2.58 bits per heavy atom. The molecule has 1 aliphatic heterocycles. The van der Waals surface area contributed by atoms with E-state index in [2.05, 4.69) is 16.8 Å². The summed E-state index contributed by atoms with van der Waals surface area (Å²) in [5.41, 5.74) is 2.76. The normalized spacial score (nSPS) is 25.3. The van der Waals surface area contributed by atoms with Crippen LogP contribution in [0.3, 0.4) is 0 Å². The van der Waals surface area contributed by atoms with Crippen molar-refractivity contribution in [1.29, 1.82) is 0 Å². The quantitative estimate of drug-likeness (QED) is 0.757. The molecule has 3 heteroatoms. The highest BCUT2D eigenvalue weighted by Crippen LogP contribution is 2.45. The van der Waals surface area contributed by atoms with Crippen LogP contribution in [0, 0.1) is 17.8 Å². The number of amides is 1. The predicted molar refractivity (Wildman–Crippen MR) is 93.3 cm³/mol. The first kappa shape index (κ1) is 15.0. The van der Waals surface area contributed by atoms with E-state index in [0.29, 0.717) is 12.0 Å². The number of nitrogens with zero attached hydrogens (tertiary/aromatic N) is 2. The van der Waals surface area contributed by atoms with Crippen LogP contribution in [0.5, 0.6) is 0 Å². The van der Waals surface area contributed by atoms with Crippen molar-refractivity contribution in [2.75, 3.05) is 7.05 Å². The summed E-state index contributed by atoms with van der Waals surface area (Å²) in [6.45, 7) is 0. The minimum Gasteiger partial charge on any atom is -0.342 e. The van der Waals surface area contributed by atoms with Gasteiger partial charge in [0, 0.05) is 30.4 Å². The zero-order valence-corrected chi connectivity index (χ0v) is 13.8. The molecule has 0 spiro atoms. The smallest absolute Gasteiger partial charge is 0.232 e. The van der Waals surface area contributed by atoms with Gasteiger partial charge in [0.15, 0.2) is 0 Å². The number of hydrogen-bond donors (Lipinski definition) is 0. The van der Waals surface area contributed by atoms with E-state index in [1.807, 2.05) is 54.4 Å². The Morgan fingerprint density at radius 2 is 1.83 bits per heavy atom. The molecule has 120 valence electrons. The van der Waals surface area contributed by atoms with Crippen molar-refractivity contribution in [2.45, 2.75) is 31.2 Å². The lowest BCUT2D eigenvalue weighted by Gasteiger charge is -2.17. The molecule has 3 unspecified atom stereocenters. The fraction of sp³-hybridized carbons (Fsp3) is 0.333. The Morgan fingerprint density at radius 1 is 1.04 bits per heavy atom. The highest BCUT2D eigenvalue weighted by atomic mass is 16.2. The third-order valence-corrected chi connectivity index (χ3v) is 5.30. The summed E-state index contributed by atoms with van der Waals surface area (Å²) in [4.78, 5) is 19.1. The van der Waals surface area contributed by atoms with Gasteiger partial charge in [-0.1, -0.05) is 36.5 Å². The monoisotopic (exact) mass is 316 g/mol. The summed E-state index contributed by atoms with van der Waals surface area (Å²) < 4.78 is 0. The molecule has 1 saturated carbocycles. The van der Waals surface area contributed by atoms with Gasteiger partial charge in [0.05, 0.1) is 11.6 Å². The molecular formula is C21H20N2O. The standard InChI is InChI=1S/C21H20N2O/c1-23-19-9-5-8-17(19)20(21(23)24)18-13-12-16(14-22-18)11-10-15-6-3-2-4-7-15/h2-4,6-7,12-14,17,19-20H,5,8-9H2,1H3. The highest BCUT2D eigenvalue weighted by molar-refractivity contribution is 5.86. The van der Waals surface area contributed by atoms with Crippen LogP contribution in [0.2, 0.25) is 0 Å². The number of likely N-dealkylation sites (N-methyl/N-ethyl adjacent to an activating group) is 1. The van der Waals surface area contributed by atoms with Crippen LogP contribution in [0.15, 0.2) is 48.7 Å². The molecule has 3 atom stereocenters. The van der Waals surface area contributed by atoms with Crippen molar-refractivity contribution in [3.05, 3.63) is 65.5 Å². The van der Waals surface area contributed by atoms with Crippen LogP contribution in [0.1, 0.15) is 42.0 Å². The fourth-order valence-electron chi connectivity index (χ4n) is 4.08. The maximum Gasteiger partial charge on any atom is 0.232 e. The molecule has 1 saturated heterocycles. The van der Waals surface area contributed by atoms with Crippen molar-refractivity contribution < 1.29 is 4.79 Å². The van der Waals surface area contributed by atoms with E-state index in [1.54, 1.807) is 6.20 Å². The van der Waals surface area contributed by atoms with E-state index >= 15 is 0 Å². The van der Waals surface area contributed by atoms with Crippen molar-refractivity contribution in [3.63, 3.8) is 0 Å². The number of aromatic nitrogens is 1. The van der Waals surface area contributed by atoms with Gasteiger partial charge >= 0.3 is 0 Å². The molecule has 4 rings (SSSR count). The summed E-state index contributed by atoms with van der Waals surface area (Å²) >= 11 is 0. The zero-order chi connectivity index (χ0) is 16.5. The molecular weight excluding hydrogens is 296 g/mol. The van der Waals surface area contributed by atoms with Crippen molar-refractivity contribution >= 4 is 5.91 Å². The molecule has 2 heterocycles. The molecule has 2 aromatic rings. The molecule has 0 bridgehead atoms. The molecule has 24 heavy (non-hydrogen) atoms. The molecule has 0 N–H and O–H groups in total. The van der Waals surface area contributed by atoms with Crippen molar-refractivity contribution in [2.24, 2.45) is 5.92 Å². The number of fused-ring (bicyclic) bond motifs is 1. The summed E-state index contributed by atoms with van der Waals surface area (Å²) in [6.07, 6.45) is 5.26. The number of hydrogen-bond acceptors (Lipinski definition) is 2. The van der Waals surface area contributed by atoms with Gasteiger partial charge in [0.1, 0.15) is 0 Å². The third kappa shape index (κ3) is 2.59. The van der Waals surface area contributed by atoms with Crippen LogP contribution in [0.4, 0.5) is 0 Å². The summed E-state index contributed by atoms with van der Waals surface area (Å²) in [6, 6.07) is 14.3. The molecule has 3 nitrogen and oxygen atoms in total. The Balaban J connectivity index is 1.56. The van der Waals surface area contributed by atoms with E-state index < -0.39 is 0 Å². The predicted octanol–water partition coefficient (Wildman–Crippen LogP) is 3.21. The Bertz CT molecular complexity index is 801. The van der Waals surface area contributed by atoms with Crippen molar-refractivity contribution in [1.82, 2.24) is 9.88 Å². The van der Waals surface area contributed by atoms with Gasteiger partial charge in [-0.2, -0.15) is 0 Å². The number of rotatable bonds is 1. The SMILES string of the molecule is CN1C(=O)C(c2ccc(C#Cc3ccccc3)cn2)C2CCCC21. The second-order valence-corrected chi connectivity index (χ2v) is 6.68. The van der Waals surface area contributed by atoms with Crippen LogP contribution in [-0.2, 0) is 4.79 Å². The summed E-state index contributed by atoms with van der Waals surface area (Å²) in [5.74, 6) is 6.85. The van der Waals surface area contributed by atoms with Gasteiger partial charge in [0.25, 0.3) is 0 Å². The number of benzene rings is 1. The van der Waals surface area contributed by atoms with Crippen LogP contribution in [-0.4, -0.2) is 28.9 Å². The van der Waals surface area contributed by atoms with Gasteiger partial charge < -0.3 is 4.90 Å². The van der Waals surface area contributed by atoms with Crippen molar-refractivity contribution in [3.8, 4) is 11.8 Å². The van der Waals surface area contributed by atoms with Gasteiger partial charge in [-0.3, -0.25) is 9.78 Å². The fourth-order valence-corrected chi connectivity index (χ4v) is 4.08. The maximum absolute atomic E-state index is 12.6. The Kier molecular flexibility index (Phi) is 3.82. The van der Waals surface area contributed by atoms with E-state index in [0.717, 1.165) is 29.7 Å². The number of pyridine rings is 1. The molecule has 1 amide bonds. The van der Waals surface area contributed by atoms with E-state index in [4.69, 9.17) is 0 Å². The summed E-state index contributed by atoms with van der Waals surface area (Å²) in [7, 11) is 1.94. The average molecular weight is 316 g/mol. The topological polar surface area (TPSA) is 33.2 Å². The first-order valence-corrected chi connectivity index (χ1v) is 8.54.